The molecule has 3 aromatic rings. The van der Waals surface area contributed by atoms with E-state index in [2.05, 4.69) is 0 Å². The third-order valence-corrected chi connectivity index (χ3v) is 7.43. The van der Waals surface area contributed by atoms with Gasteiger partial charge in [-0.3, -0.25) is 10.1 Å². The van der Waals surface area contributed by atoms with Gasteiger partial charge in [-0.25, -0.2) is 26.6 Å². The van der Waals surface area contributed by atoms with Crippen molar-refractivity contribution in [2.75, 3.05) is 4.31 Å². The molecule has 0 fully saturated rings. The Kier molecular flexibility index (Phi) is 9.81. The summed E-state index contributed by atoms with van der Waals surface area (Å²) in [5, 5.41) is 1.62. The van der Waals surface area contributed by atoms with E-state index >= 15 is 4.39 Å². The van der Waals surface area contributed by atoms with E-state index in [9.17, 15) is 31.5 Å². The molecule has 0 saturated carbocycles. The summed E-state index contributed by atoms with van der Waals surface area (Å²) in [7, 11) is 0. The van der Waals surface area contributed by atoms with Crippen LogP contribution in [0.3, 0.4) is 0 Å². The number of carbonyl (C=O) groups excluding carboxylic acids is 2. The number of rotatable bonds is 7. The summed E-state index contributed by atoms with van der Waals surface area (Å²) >= 11 is 6.81. The van der Waals surface area contributed by atoms with Gasteiger partial charge in [0.05, 0.1) is 11.3 Å². The van der Waals surface area contributed by atoms with Gasteiger partial charge in [0, 0.05) is 34.8 Å². The Morgan fingerprint density at radius 3 is 1.98 bits per heavy atom. The molecule has 0 bridgehead atoms. The minimum absolute atomic E-state index is 0.111. The average Bonchev–Trinajstić information content (AvgIpc) is 2.83. The fraction of sp³-hybridized carbons (Fsp3) is 0.259. The van der Waals surface area contributed by atoms with Crippen LogP contribution in [0.5, 0.6) is 0 Å². The van der Waals surface area contributed by atoms with Crippen molar-refractivity contribution in [2.45, 2.75) is 46.0 Å². The molecule has 0 aliphatic carbocycles. The molecule has 3 aromatic carbocycles. The molecule has 0 saturated heterocycles. The number of halogens is 7. The van der Waals surface area contributed by atoms with E-state index in [-0.39, 0.29) is 33.9 Å². The number of carbonyl (C=O) groups is 2. The molecule has 1 N–H and O–H groups in total. The summed E-state index contributed by atoms with van der Waals surface area (Å²) < 4.78 is 85.3. The van der Waals surface area contributed by atoms with E-state index in [1.54, 1.807) is 4.31 Å². The van der Waals surface area contributed by atoms with Gasteiger partial charge in [0.15, 0.2) is 0 Å². The van der Waals surface area contributed by atoms with Crippen molar-refractivity contribution >= 4 is 41.4 Å². The molecule has 214 valence electrons. The third-order valence-electron chi connectivity index (χ3n) is 5.56. The number of nitrogens with one attached hydrogen (secondary N) is 1. The Bertz CT molecular complexity index is 1390. The topological polar surface area (TPSA) is 52.6 Å². The number of imide groups is 1. The quantitative estimate of drug-likeness (QED) is 0.217. The molecule has 0 atom stereocenters. The van der Waals surface area contributed by atoms with Crippen LogP contribution in [0.1, 0.15) is 43.6 Å². The molecule has 0 aromatic heterocycles. The minimum atomic E-state index is -4.62. The maximum Gasteiger partial charge on any atom is 0.416 e. The van der Waals surface area contributed by atoms with Crippen molar-refractivity contribution in [1.82, 2.24) is 9.62 Å². The molecule has 40 heavy (non-hydrogen) atoms. The Morgan fingerprint density at radius 2 is 1.48 bits per heavy atom. The monoisotopic (exact) mass is 603 g/mol. The van der Waals surface area contributed by atoms with Gasteiger partial charge in [-0.15, -0.1) is 0 Å². The first kappa shape index (κ1) is 31.3. The number of nitrogens with zero attached hydrogens (tertiary/aromatic N) is 2. The van der Waals surface area contributed by atoms with Crippen molar-refractivity contribution in [1.29, 1.82) is 0 Å². The summed E-state index contributed by atoms with van der Waals surface area (Å²) in [6.45, 7) is 7.26. The fourth-order valence-corrected chi connectivity index (χ4v) is 4.97. The van der Waals surface area contributed by atoms with Crippen molar-refractivity contribution in [3.05, 3.63) is 88.2 Å². The molecular formula is C27H24ClF6N3O2S. The molecule has 0 aliphatic rings. The summed E-state index contributed by atoms with van der Waals surface area (Å²) in [5.74, 6) is -4.74. The summed E-state index contributed by atoms with van der Waals surface area (Å²) in [6, 6.07) is 7.31. The van der Waals surface area contributed by atoms with E-state index in [1.165, 1.54) is 12.1 Å². The van der Waals surface area contributed by atoms with Crippen LogP contribution in [0.15, 0.2) is 54.6 Å². The van der Waals surface area contributed by atoms with E-state index in [0.717, 1.165) is 58.9 Å². The molecule has 0 radical (unpaired) electrons. The predicted molar refractivity (Wildman–Crippen MR) is 143 cm³/mol. The lowest BCUT2D eigenvalue weighted by molar-refractivity contribution is -0.137. The second-order valence-electron chi connectivity index (χ2n) is 9.14. The summed E-state index contributed by atoms with van der Waals surface area (Å²) in [5.41, 5.74) is -2.06. The highest BCUT2D eigenvalue weighted by Crippen LogP contribution is 2.38. The standard InChI is InChI=1S/C27H24ClF6N3O2S/c1-14(2)36(15(3)4)40-37(26(39)35-25(38)24-20(29)6-5-7-21(24)30)23-11-8-16(12-22(23)31)18-10-9-17(13-19(18)28)27(32,33)34/h5-15H,1-4H3,(H,35,38,39). The highest BCUT2D eigenvalue weighted by atomic mass is 35.5. The molecular weight excluding hydrogens is 580 g/mol. The van der Waals surface area contributed by atoms with Gasteiger partial charge in [-0.2, -0.15) is 13.2 Å². The SMILES string of the molecule is CC(C)N(SN(C(=O)NC(=O)c1c(F)cccc1F)c1ccc(-c2ccc(C(F)(F)F)cc2Cl)cc1F)C(C)C. The predicted octanol–water partition coefficient (Wildman–Crippen LogP) is 8.48. The number of hydrogen-bond donors (Lipinski definition) is 1. The number of hydrogen-bond acceptors (Lipinski definition) is 4. The van der Waals surface area contributed by atoms with Crippen molar-refractivity contribution < 1.29 is 35.9 Å². The lowest BCUT2D eigenvalue weighted by Gasteiger charge is -2.33. The average molecular weight is 604 g/mol. The van der Waals surface area contributed by atoms with Gasteiger partial charge >= 0.3 is 12.2 Å². The van der Waals surface area contributed by atoms with Crippen LogP contribution in [-0.2, 0) is 6.18 Å². The molecule has 0 heterocycles. The van der Waals surface area contributed by atoms with Crippen LogP contribution in [0, 0.1) is 17.5 Å². The van der Waals surface area contributed by atoms with Crippen LogP contribution in [0.25, 0.3) is 11.1 Å². The molecule has 13 heteroatoms. The van der Waals surface area contributed by atoms with E-state index in [4.69, 9.17) is 11.6 Å². The van der Waals surface area contributed by atoms with Crippen LogP contribution < -0.4 is 9.62 Å². The normalized spacial score (nSPS) is 11.8. The first-order valence-electron chi connectivity index (χ1n) is 11.8. The van der Waals surface area contributed by atoms with Gasteiger partial charge in [-0.05, 0) is 69.7 Å². The Balaban J connectivity index is 2.01. The number of anilines is 1. The van der Waals surface area contributed by atoms with Gasteiger partial charge in [0.1, 0.15) is 23.0 Å². The second-order valence-corrected chi connectivity index (χ2v) is 10.5. The lowest BCUT2D eigenvalue weighted by Crippen LogP contribution is -2.44. The summed E-state index contributed by atoms with van der Waals surface area (Å²) in [4.78, 5) is 25.8. The van der Waals surface area contributed by atoms with Crippen molar-refractivity contribution in [2.24, 2.45) is 0 Å². The van der Waals surface area contributed by atoms with Crippen LogP contribution in [-0.4, -0.2) is 28.3 Å². The van der Waals surface area contributed by atoms with Gasteiger partial charge in [0.25, 0.3) is 5.91 Å². The fourth-order valence-electron chi connectivity index (χ4n) is 3.76. The minimum Gasteiger partial charge on any atom is -0.273 e. The van der Waals surface area contributed by atoms with Gasteiger partial charge < -0.3 is 0 Å². The smallest absolute Gasteiger partial charge is 0.273 e. The lowest BCUT2D eigenvalue weighted by atomic mass is 10.0. The highest BCUT2D eigenvalue weighted by Gasteiger charge is 2.32. The zero-order valence-electron chi connectivity index (χ0n) is 21.6. The van der Waals surface area contributed by atoms with E-state index in [0.29, 0.717) is 0 Å². The van der Waals surface area contributed by atoms with E-state index < -0.39 is 46.7 Å². The van der Waals surface area contributed by atoms with Crippen LogP contribution in [0.2, 0.25) is 5.02 Å². The van der Waals surface area contributed by atoms with Crippen molar-refractivity contribution in [3.8, 4) is 11.1 Å². The maximum atomic E-state index is 15.5. The Morgan fingerprint density at radius 1 is 0.875 bits per heavy atom. The molecule has 3 amide bonds. The summed E-state index contributed by atoms with van der Waals surface area (Å²) in [6.07, 6.45) is -4.62. The second kappa shape index (κ2) is 12.5. The number of urea groups is 1. The molecule has 0 unspecified atom stereocenters. The third kappa shape index (κ3) is 7.10. The number of benzene rings is 3. The van der Waals surface area contributed by atoms with E-state index in [1.807, 2.05) is 33.0 Å². The Labute approximate surface area is 236 Å². The highest BCUT2D eigenvalue weighted by molar-refractivity contribution is 7.99. The number of alkyl halides is 3. The van der Waals surface area contributed by atoms with Crippen molar-refractivity contribution in [3.63, 3.8) is 0 Å². The number of amides is 3. The van der Waals surface area contributed by atoms with Gasteiger partial charge in [0.2, 0.25) is 0 Å². The van der Waals surface area contributed by atoms with Crippen LogP contribution in [0.4, 0.5) is 36.8 Å². The zero-order valence-corrected chi connectivity index (χ0v) is 23.2. The largest absolute Gasteiger partial charge is 0.416 e. The molecule has 0 spiro atoms. The maximum absolute atomic E-state index is 15.5. The molecule has 3 rings (SSSR count). The molecule has 5 nitrogen and oxygen atoms in total. The van der Waals surface area contributed by atoms with Crippen LogP contribution >= 0.6 is 23.7 Å². The molecule has 0 aliphatic heterocycles. The zero-order chi connectivity index (χ0) is 29.9. The first-order chi connectivity index (χ1) is 18.6. The van der Waals surface area contributed by atoms with Gasteiger partial charge in [-0.1, -0.05) is 29.8 Å². The Hall–Kier alpha value is -3.22. The first-order valence-corrected chi connectivity index (χ1v) is 12.9.